The van der Waals surface area contributed by atoms with Crippen molar-refractivity contribution >= 4 is 27.3 Å². The van der Waals surface area contributed by atoms with Crippen LogP contribution in [0.5, 0.6) is 0 Å². The normalized spacial score (nSPS) is 26.2. The van der Waals surface area contributed by atoms with Crippen LogP contribution in [-0.2, 0) is 0 Å². The largest absolute Gasteiger partial charge is 0.393 e. The van der Waals surface area contributed by atoms with Crippen LogP contribution in [-0.4, -0.2) is 35.7 Å². The zero-order valence-corrected chi connectivity index (χ0v) is 14.0. The van der Waals surface area contributed by atoms with Gasteiger partial charge >= 0.3 is 0 Å². The Morgan fingerprint density at radius 1 is 1.53 bits per heavy atom. The van der Waals surface area contributed by atoms with Gasteiger partial charge in [-0.2, -0.15) is 0 Å². The van der Waals surface area contributed by atoms with E-state index in [1.807, 2.05) is 0 Å². The summed E-state index contributed by atoms with van der Waals surface area (Å²) < 4.78 is 1.16. The van der Waals surface area contributed by atoms with Crippen LogP contribution in [0.3, 0.4) is 0 Å². The molecule has 2 atom stereocenters. The maximum Gasteiger partial charge on any atom is 0.0702 e. The van der Waals surface area contributed by atoms with E-state index in [4.69, 9.17) is 5.73 Å². The second-order valence-corrected chi connectivity index (χ2v) is 8.08. The van der Waals surface area contributed by atoms with Gasteiger partial charge in [-0.3, -0.25) is 4.90 Å². The summed E-state index contributed by atoms with van der Waals surface area (Å²) in [5.41, 5.74) is 6.32. The Labute approximate surface area is 127 Å². The molecular formula is C14H23BrN2OS. The maximum absolute atomic E-state index is 9.40. The van der Waals surface area contributed by atoms with Crippen molar-refractivity contribution in [1.82, 2.24) is 4.90 Å². The molecule has 0 spiro atoms. The van der Waals surface area contributed by atoms with E-state index in [2.05, 4.69) is 46.9 Å². The summed E-state index contributed by atoms with van der Waals surface area (Å²) in [4.78, 5) is 3.69. The first-order chi connectivity index (χ1) is 9.01. The van der Waals surface area contributed by atoms with Crippen molar-refractivity contribution in [2.45, 2.75) is 44.4 Å². The Hall–Kier alpha value is 0.0600. The van der Waals surface area contributed by atoms with E-state index in [-0.39, 0.29) is 18.2 Å². The maximum atomic E-state index is 9.40. The van der Waals surface area contributed by atoms with Crippen molar-refractivity contribution in [1.29, 1.82) is 0 Å². The molecule has 0 saturated heterocycles. The monoisotopic (exact) mass is 346 g/mol. The molecule has 0 aromatic carbocycles. The third kappa shape index (κ3) is 3.79. The van der Waals surface area contributed by atoms with Gasteiger partial charge in [0.25, 0.3) is 0 Å². The molecule has 3 N–H and O–H groups in total. The molecule has 0 radical (unpaired) electrons. The first-order valence-corrected chi connectivity index (χ1v) is 8.51. The summed E-state index contributed by atoms with van der Waals surface area (Å²) in [5, 5.41) is 9.40. The number of nitrogens with two attached hydrogens (primary N) is 1. The van der Waals surface area contributed by atoms with E-state index in [0.29, 0.717) is 5.92 Å². The molecule has 5 heteroatoms. The van der Waals surface area contributed by atoms with Gasteiger partial charge in [0, 0.05) is 17.5 Å². The zero-order chi connectivity index (χ0) is 14.0. The predicted molar refractivity (Wildman–Crippen MR) is 84.4 cm³/mol. The SMILES string of the molecule is CCC(N)C(c1ccc(Br)s1)N(C)CC1CC(O)C1. The van der Waals surface area contributed by atoms with Crippen LogP contribution >= 0.6 is 27.3 Å². The minimum Gasteiger partial charge on any atom is -0.393 e. The molecular weight excluding hydrogens is 324 g/mol. The number of likely N-dealkylation sites (N-methyl/N-ethyl adjacent to an activating group) is 1. The van der Waals surface area contributed by atoms with Gasteiger partial charge in [0.2, 0.25) is 0 Å². The lowest BCUT2D eigenvalue weighted by Gasteiger charge is -2.39. The Morgan fingerprint density at radius 2 is 2.21 bits per heavy atom. The summed E-state index contributed by atoms with van der Waals surface area (Å²) >= 11 is 5.30. The smallest absolute Gasteiger partial charge is 0.0702 e. The average Bonchev–Trinajstić information content (AvgIpc) is 2.73. The van der Waals surface area contributed by atoms with Crippen LogP contribution in [0.4, 0.5) is 0 Å². The Bertz CT molecular complexity index is 406. The van der Waals surface area contributed by atoms with Crippen LogP contribution in [0, 0.1) is 5.92 Å². The van der Waals surface area contributed by atoms with Crippen molar-refractivity contribution in [2.75, 3.05) is 13.6 Å². The van der Waals surface area contributed by atoms with Gasteiger partial charge in [-0.15, -0.1) is 11.3 Å². The molecule has 108 valence electrons. The number of thiophene rings is 1. The van der Waals surface area contributed by atoms with Gasteiger partial charge in [0.15, 0.2) is 0 Å². The Balaban J connectivity index is 2.04. The van der Waals surface area contributed by atoms with Gasteiger partial charge in [-0.25, -0.2) is 0 Å². The summed E-state index contributed by atoms with van der Waals surface area (Å²) in [6, 6.07) is 4.69. The Kier molecular flexibility index (Phi) is 5.43. The molecule has 0 aliphatic heterocycles. The topological polar surface area (TPSA) is 49.5 Å². The highest BCUT2D eigenvalue weighted by molar-refractivity contribution is 9.11. The molecule has 1 aromatic heterocycles. The number of nitrogens with zero attached hydrogens (tertiary/aromatic N) is 1. The second-order valence-electron chi connectivity index (χ2n) is 5.59. The predicted octanol–water partition coefficient (Wildman–Crippen LogP) is 2.99. The molecule has 2 unspecified atom stereocenters. The highest BCUT2D eigenvalue weighted by Gasteiger charge is 2.32. The van der Waals surface area contributed by atoms with E-state index >= 15 is 0 Å². The first-order valence-electron chi connectivity index (χ1n) is 6.90. The van der Waals surface area contributed by atoms with E-state index in [1.165, 1.54) is 4.88 Å². The molecule has 1 fully saturated rings. The van der Waals surface area contributed by atoms with E-state index in [0.717, 1.165) is 29.6 Å². The first kappa shape index (κ1) is 15.4. The van der Waals surface area contributed by atoms with Gasteiger partial charge in [-0.1, -0.05) is 6.92 Å². The standard InChI is InChI=1S/C14H23BrN2OS/c1-3-11(16)14(12-4-5-13(15)19-12)17(2)8-9-6-10(18)7-9/h4-5,9-11,14,18H,3,6-8,16H2,1-2H3. The lowest BCUT2D eigenvalue weighted by Crippen LogP contribution is -2.43. The number of halogens is 1. The number of hydrogen-bond acceptors (Lipinski definition) is 4. The van der Waals surface area contributed by atoms with Gasteiger partial charge in [0.1, 0.15) is 0 Å². The summed E-state index contributed by atoms with van der Waals surface area (Å²) in [6.45, 7) is 3.16. The average molecular weight is 347 g/mol. The number of aliphatic hydroxyl groups is 1. The second kappa shape index (κ2) is 6.68. The van der Waals surface area contributed by atoms with E-state index < -0.39 is 0 Å². The summed E-state index contributed by atoms with van der Waals surface area (Å²) in [6.07, 6.45) is 2.77. The van der Waals surface area contributed by atoms with Crippen molar-refractivity contribution in [2.24, 2.45) is 11.7 Å². The quantitative estimate of drug-likeness (QED) is 0.832. The van der Waals surface area contributed by atoms with Gasteiger partial charge in [0.05, 0.1) is 15.9 Å². The molecule has 3 nitrogen and oxygen atoms in total. The Morgan fingerprint density at radius 3 is 2.68 bits per heavy atom. The fourth-order valence-corrected chi connectivity index (χ4v) is 4.50. The van der Waals surface area contributed by atoms with Crippen molar-refractivity contribution in [3.05, 3.63) is 20.8 Å². The molecule has 1 heterocycles. The molecule has 0 bridgehead atoms. The van der Waals surface area contributed by atoms with E-state index in [1.54, 1.807) is 11.3 Å². The lowest BCUT2D eigenvalue weighted by molar-refractivity contribution is 0.0200. The van der Waals surface area contributed by atoms with E-state index in [9.17, 15) is 5.11 Å². The molecule has 2 rings (SSSR count). The van der Waals surface area contributed by atoms with Crippen LogP contribution in [0.2, 0.25) is 0 Å². The van der Waals surface area contributed by atoms with Crippen molar-refractivity contribution in [3.63, 3.8) is 0 Å². The van der Waals surface area contributed by atoms with Gasteiger partial charge < -0.3 is 10.8 Å². The summed E-state index contributed by atoms with van der Waals surface area (Å²) in [5.74, 6) is 0.620. The van der Waals surface area contributed by atoms with Crippen LogP contribution < -0.4 is 5.73 Å². The minimum atomic E-state index is -0.0763. The third-order valence-electron chi connectivity index (χ3n) is 3.99. The molecule has 0 amide bonds. The third-order valence-corrected chi connectivity index (χ3v) is 5.69. The molecule has 19 heavy (non-hydrogen) atoms. The fourth-order valence-electron chi connectivity index (χ4n) is 2.84. The van der Waals surface area contributed by atoms with Crippen LogP contribution in [0.1, 0.15) is 37.1 Å². The zero-order valence-electron chi connectivity index (χ0n) is 11.6. The van der Waals surface area contributed by atoms with Crippen molar-refractivity contribution in [3.8, 4) is 0 Å². The summed E-state index contributed by atoms with van der Waals surface area (Å²) in [7, 11) is 2.15. The molecule has 1 aliphatic rings. The number of hydrogen-bond donors (Lipinski definition) is 2. The molecule has 1 aliphatic carbocycles. The van der Waals surface area contributed by atoms with Crippen LogP contribution in [0.15, 0.2) is 15.9 Å². The van der Waals surface area contributed by atoms with Crippen LogP contribution in [0.25, 0.3) is 0 Å². The molecule has 1 saturated carbocycles. The fraction of sp³-hybridized carbons (Fsp3) is 0.714. The highest BCUT2D eigenvalue weighted by Crippen LogP contribution is 2.35. The minimum absolute atomic E-state index is 0.0763. The van der Waals surface area contributed by atoms with Crippen molar-refractivity contribution < 1.29 is 5.11 Å². The number of aliphatic hydroxyl groups excluding tert-OH is 1. The van der Waals surface area contributed by atoms with Gasteiger partial charge in [-0.05, 0) is 60.3 Å². The number of rotatable bonds is 6. The highest BCUT2D eigenvalue weighted by atomic mass is 79.9. The molecule has 1 aromatic rings. The lowest BCUT2D eigenvalue weighted by atomic mass is 9.82.